The molecule has 0 radical (unpaired) electrons. The lowest BCUT2D eigenvalue weighted by atomic mass is 10.2. The molecule has 7 nitrogen and oxygen atoms in total. The van der Waals surface area contributed by atoms with E-state index in [9.17, 15) is 14.7 Å². The van der Waals surface area contributed by atoms with Crippen LogP contribution in [0.4, 0.5) is 0 Å². The van der Waals surface area contributed by atoms with Crippen molar-refractivity contribution in [1.82, 2.24) is 14.1 Å². The summed E-state index contributed by atoms with van der Waals surface area (Å²) in [6, 6.07) is 1.68. The third-order valence-electron chi connectivity index (χ3n) is 2.75. The Morgan fingerprint density at radius 1 is 1.47 bits per heavy atom. The summed E-state index contributed by atoms with van der Waals surface area (Å²) < 4.78 is 2.89. The topological polar surface area (TPSA) is 97.3 Å². The Bertz CT molecular complexity index is 645. The van der Waals surface area contributed by atoms with Crippen molar-refractivity contribution in [1.29, 1.82) is 0 Å². The third kappa shape index (κ3) is 2.65. The number of imidazole rings is 1. The van der Waals surface area contributed by atoms with Gasteiger partial charge in [0.05, 0.1) is 12.4 Å². The summed E-state index contributed by atoms with van der Waals surface area (Å²) in [5.74, 6) is -1.61. The van der Waals surface area contributed by atoms with E-state index in [-0.39, 0.29) is 17.5 Å². The monoisotopic (exact) mass is 263 g/mol. The second-order valence-corrected chi connectivity index (χ2v) is 4.22. The molecule has 0 fully saturated rings. The van der Waals surface area contributed by atoms with Gasteiger partial charge in [0.1, 0.15) is 11.4 Å². The predicted octanol–water partition coefficient (Wildman–Crippen LogP) is 0.710. The van der Waals surface area contributed by atoms with Gasteiger partial charge in [-0.2, -0.15) is 0 Å². The Hall–Kier alpha value is -2.57. The molecule has 2 N–H and O–H groups in total. The van der Waals surface area contributed by atoms with Crippen LogP contribution in [0, 0.1) is 0 Å². The second-order valence-electron chi connectivity index (χ2n) is 4.22. The number of rotatable bonds is 4. The van der Waals surface area contributed by atoms with Crippen molar-refractivity contribution in [2.45, 2.75) is 19.5 Å². The van der Waals surface area contributed by atoms with Crippen LogP contribution in [0.1, 0.15) is 23.5 Å². The molecule has 1 atom stereocenters. The molecule has 2 heterocycles. The van der Waals surface area contributed by atoms with Crippen molar-refractivity contribution in [2.75, 3.05) is 0 Å². The minimum atomic E-state index is -1.26. The number of hydrogen-bond acceptors (Lipinski definition) is 4. The minimum absolute atomic E-state index is 0.238. The Balaban J connectivity index is 2.43. The lowest BCUT2D eigenvalue weighted by Crippen LogP contribution is -2.29. The number of carboxylic acid groups (broad SMARTS) is 1. The maximum Gasteiger partial charge on any atom is 0.352 e. The molecule has 100 valence electrons. The lowest BCUT2D eigenvalue weighted by Gasteiger charge is -2.18. The van der Waals surface area contributed by atoms with Crippen LogP contribution in [-0.2, 0) is 6.54 Å². The summed E-state index contributed by atoms with van der Waals surface area (Å²) in [7, 11) is 0. The van der Waals surface area contributed by atoms with E-state index in [1.54, 1.807) is 30.2 Å². The van der Waals surface area contributed by atoms with E-state index >= 15 is 0 Å². The first-order chi connectivity index (χ1) is 8.99. The largest absolute Gasteiger partial charge is 0.508 e. The van der Waals surface area contributed by atoms with Crippen LogP contribution in [-0.4, -0.2) is 30.3 Å². The van der Waals surface area contributed by atoms with Crippen LogP contribution in [0.2, 0.25) is 0 Å². The van der Waals surface area contributed by atoms with Crippen LogP contribution in [0.5, 0.6) is 5.75 Å². The van der Waals surface area contributed by atoms with E-state index in [4.69, 9.17) is 5.11 Å². The number of aromatic nitrogens is 3. The average Bonchev–Trinajstić information content (AvgIpc) is 2.80. The van der Waals surface area contributed by atoms with Gasteiger partial charge in [-0.3, -0.25) is 9.36 Å². The van der Waals surface area contributed by atoms with Gasteiger partial charge >= 0.3 is 5.97 Å². The highest BCUT2D eigenvalue weighted by Gasteiger charge is 2.17. The SMILES string of the molecule is CC(Cn1ccnc1)n1c(C(=O)O)cc(O)cc1=O. The number of aromatic carboxylic acids is 1. The number of carboxylic acids is 1. The number of nitrogens with zero attached hydrogens (tertiary/aromatic N) is 3. The Morgan fingerprint density at radius 2 is 2.21 bits per heavy atom. The van der Waals surface area contributed by atoms with Crippen molar-refractivity contribution in [2.24, 2.45) is 0 Å². The molecule has 0 aromatic carbocycles. The first-order valence-corrected chi connectivity index (χ1v) is 5.63. The van der Waals surface area contributed by atoms with Gasteiger partial charge in [-0.15, -0.1) is 0 Å². The van der Waals surface area contributed by atoms with Crippen molar-refractivity contribution >= 4 is 5.97 Å². The fourth-order valence-electron chi connectivity index (χ4n) is 1.97. The molecule has 0 aliphatic rings. The van der Waals surface area contributed by atoms with Crippen LogP contribution >= 0.6 is 0 Å². The highest BCUT2D eigenvalue weighted by atomic mass is 16.4. The number of pyridine rings is 1. The molecule has 0 amide bonds. The van der Waals surface area contributed by atoms with E-state index in [1.165, 1.54) is 0 Å². The van der Waals surface area contributed by atoms with Gasteiger partial charge in [0.2, 0.25) is 0 Å². The molecule has 2 aromatic rings. The van der Waals surface area contributed by atoms with Crippen molar-refractivity contribution in [3.8, 4) is 5.75 Å². The molecule has 7 heteroatoms. The molecule has 0 bridgehead atoms. The summed E-state index contributed by atoms with van der Waals surface area (Å²) in [6.07, 6.45) is 4.91. The summed E-state index contributed by atoms with van der Waals surface area (Å²) >= 11 is 0. The van der Waals surface area contributed by atoms with Crippen LogP contribution < -0.4 is 5.56 Å². The predicted molar refractivity (Wildman–Crippen MR) is 66.3 cm³/mol. The molecule has 19 heavy (non-hydrogen) atoms. The first-order valence-electron chi connectivity index (χ1n) is 5.63. The first kappa shape index (κ1) is 12.9. The summed E-state index contributed by atoms with van der Waals surface area (Å²) in [5.41, 5.74) is -0.789. The van der Waals surface area contributed by atoms with Gasteiger partial charge in [-0.25, -0.2) is 9.78 Å². The second kappa shape index (κ2) is 4.97. The lowest BCUT2D eigenvalue weighted by molar-refractivity contribution is 0.0679. The van der Waals surface area contributed by atoms with Gasteiger partial charge in [-0.05, 0) is 6.92 Å². The summed E-state index contributed by atoms with van der Waals surface area (Å²) in [6.45, 7) is 2.13. The van der Waals surface area contributed by atoms with Crippen molar-refractivity contribution in [3.05, 3.63) is 46.9 Å². The van der Waals surface area contributed by atoms with Gasteiger partial charge in [0, 0.05) is 31.1 Å². The fourth-order valence-corrected chi connectivity index (χ4v) is 1.97. The summed E-state index contributed by atoms with van der Waals surface area (Å²) in [4.78, 5) is 26.9. The molecular formula is C12H13N3O4. The molecule has 0 saturated heterocycles. The fraction of sp³-hybridized carbons (Fsp3) is 0.250. The third-order valence-corrected chi connectivity index (χ3v) is 2.75. The molecule has 2 rings (SSSR count). The van der Waals surface area contributed by atoms with E-state index in [2.05, 4.69) is 4.98 Å². The normalized spacial score (nSPS) is 12.3. The van der Waals surface area contributed by atoms with Crippen molar-refractivity contribution < 1.29 is 15.0 Å². The Labute approximate surface area is 108 Å². The van der Waals surface area contributed by atoms with Gasteiger partial charge in [0.15, 0.2) is 0 Å². The minimum Gasteiger partial charge on any atom is -0.508 e. The van der Waals surface area contributed by atoms with E-state index in [0.717, 1.165) is 16.7 Å². The number of aromatic hydroxyl groups is 1. The van der Waals surface area contributed by atoms with Gasteiger partial charge < -0.3 is 14.8 Å². The zero-order valence-corrected chi connectivity index (χ0v) is 10.2. The molecule has 0 spiro atoms. The Kier molecular flexibility index (Phi) is 3.37. The molecular weight excluding hydrogens is 250 g/mol. The number of carbonyl (C=O) groups is 1. The Morgan fingerprint density at radius 3 is 2.79 bits per heavy atom. The quantitative estimate of drug-likeness (QED) is 0.846. The van der Waals surface area contributed by atoms with E-state index < -0.39 is 11.5 Å². The standard InChI is InChI=1S/C12H13N3O4/c1-8(6-14-3-2-13-7-14)15-10(12(18)19)4-9(16)5-11(15)17/h2-5,7-8,16H,6H2,1H3,(H,18,19). The van der Waals surface area contributed by atoms with Crippen LogP contribution in [0.25, 0.3) is 0 Å². The van der Waals surface area contributed by atoms with Crippen LogP contribution in [0.3, 0.4) is 0 Å². The average molecular weight is 263 g/mol. The maximum absolute atomic E-state index is 11.8. The maximum atomic E-state index is 11.8. The van der Waals surface area contributed by atoms with Gasteiger partial charge in [-0.1, -0.05) is 0 Å². The molecule has 0 saturated carbocycles. The highest BCUT2D eigenvalue weighted by molar-refractivity contribution is 5.86. The zero-order chi connectivity index (χ0) is 14.0. The zero-order valence-electron chi connectivity index (χ0n) is 10.2. The molecule has 0 aliphatic carbocycles. The van der Waals surface area contributed by atoms with Crippen LogP contribution in [0.15, 0.2) is 35.6 Å². The van der Waals surface area contributed by atoms with E-state index in [1.807, 2.05) is 0 Å². The van der Waals surface area contributed by atoms with Gasteiger partial charge in [0.25, 0.3) is 5.56 Å². The number of hydrogen-bond donors (Lipinski definition) is 2. The highest BCUT2D eigenvalue weighted by Crippen LogP contribution is 2.14. The molecule has 1 unspecified atom stereocenters. The smallest absolute Gasteiger partial charge is 0.352 e. The molecule has 0 aliphatic heterocycles. The van der Waals surface area contributed by atoms with E-state index in [0.29, 0.717) is 6.54 Å². The van der Waals surface area contributed by atoms with Crippen molar-refractivity contribution in [3.63, 3.8) is 0 Å². The summed E-state index contributed by atoms with van der Waals surface area (Å²) in [5, 5.41) is 18.4. The molecule has 2 aromatic heterocycles.